The van der Waals surface area contributed by atoms with Crippen LogP contribution in [0, 0.1) is 35.0 Å². The van der Waals surface area contributed by atoms with Gasteiger partial charge in [-0.05, 0) is 62.8 Å². The highest BCUT2D eigenvalue weighted by molar-refractivity contribution is 5.18. The van der Waals surface area contributed by atoms with E-state index in [9.17, 15) is 0 Å². The molecule has 1 unspecified atom stereocenters. The topological polar surface area (TPSA) is 53.6 Å². The molecule has 0 amide bonds. The zero-order valence-corrected chi connectivity index (χ0v) is 12.0. The summed E-state index contributed by atoms with van der Waals surface area (Å²) in [5, 5.41) is 16.8. The summed E-state index contributed by atoms with van der Waals surface area (Å²) in [6, 6.07) is 2.64. The first-order valence-electron chi connectivity index (χ1n) is 7.89. The summed E-state index contributed by atoms with van der Waals surface area (Å²) in [5.41, 5.74) is 1.00. The number of rotatable bonds is 3. The van der Waals surface area contributed by atoms with Gasteiger partial charge >= 0.3 is 0 Å². The Morgan fingerprint density at radius 3 is 2.45 bits per heavy atom. The molecular formula is C16H22N4. The van der Waals surface area contributed by atoms with Gasteiger partial charge in [0.15, 0.2) is 0 Å². The SMILES string of the molecule is CNC(C#N)c1cnn(C2C3CC4CC(C3)CC2C4)c1. The third-order valence-corrected chi connectivity index (χ3v) is 5.86. The van der Waals surface area contributed by atoms with E-state index in [1.807, 2.05) is 13.2 Å². The monoisotopic (exact) mass is 270 g/mol. The molecular weight excluding hydrogens is 248 g/mol. The van der Waals surface area contributed by atoms with Crippen LogP contribution >= 0.6 is 0 Å². The highest BCUT2D eigenvalue weighted by Crippen LogP contribution is 2.58. The largest absolute Gasteiger partial charge is 0.301 e. The second kappa shape index (κ2) is 4.60. The maximum atomic E-state index is 9.15. The predicted molar refractivity (Wildman–Crippen MR) is 75.7 cm³/mol. The van der Waals surface area contributed by atoms with Crippen LogP contribution in [0.4, 0.5) is 0 Å². The minimum atomic E-state index is -0.236. The number of nitrogens with one attached hydrogen (secondary N) is 1. The normalized spacial score (nSPS) is 39.7. The average molecular weight is 270 g/mol. The van der Waals surface area contributed by atoms with Crippen molar-refractivity contribution in [3.8, 4) is 6.07 Å². The molecule has 0 aromatic carbocycles. The third-order valence-electron chi connectivity index (χ3n) is 5.86. The molecule has 1 aromatic heterocycles. The van der Waals surface area contributed by atoms with Gasteiger partial charge in [-0.3, -0.25) is 4.68 Å². The van der Waals surface area contributed by atoms with Gasteiger partial charge in [-0.15, -0.1) is 0 Å². The van der Waals surface area contributed by atoms with Crippen molar-refractivity contribution in [2.75, 3.05) is 7.05 Å². The Labute approximate surface area is 120 Å². The van der Waals surface area contributed by atoms with Crippen LogP contribution in [-0.4, -0.2) is 16.8 Å². The van der Waals surface area contributed by atoms with Crippen molar-refractivity contribution in [3.05, 3.63) is 18.0 Å². The van der Waals surface area contributed by atoms with E-state index in [0.717, 1.165) is 29.2 Å². The molecule has 1 heterocycles. The molecule has 106 valence electrons. The Balaban J connectivity index is 1.60. The van der Waals surface area contributed by atoms with E-state index in [-0.39, 0.29) is 6.04 Å². The fourth-order valence-corrected chi connectivity index (χ4v) is 5.30. The lowest BCUT2D eigenvalue weighted by atomic mass is 9.54. The Kier molecular flexibility index (Phi) is 2.85. The van der Waals surface area contributed by atoms with Gasteiger partial charge in [0, 0.05) is 11.8 Å². The number of aromatic nitrogens is 2. The van der Waals surface area contributed by atoms with Gasteiger partial charge in [0.2, 0.25) is 0 Å². The fraction of sp³-hybridized carbons (Fsp3) is 0.750. The Morgan fingerprint density at radius 2 is 1.90 bits per heavy atom. The molecule has 4 bridgehead atoms. The summed E-state index contributed by atoms with van der Waals surface area (Å²) >= 11 is 0. The van der Waals surface area contributed by atoms with Crippen LogP contribution in [0.15, 0.2) is 12.4 Å². The van der Waals surface area contributed by atoms with E-state index in [1.54, 1.807) is 0 Å². The van der Waals surface area contributed by atoms with Gasteiger partial charge < -0.3 is 5.32 Å². The molecule has 5 rings (SSSR count). The highest BCUT2D eigenvalue weighted by Gasteiger charge is 2.49. The minimum absolute atomic E-state index is 0.236. The van der Waals surface area contributed by atoms with Crippen LogP contribution in [0.25, 0.3) is 0 Å². The Hall–Kier alpha value is -1.34. The fourth-order valence-electron chi connectivity index (χ4n) is 5.30. The number of nitrogens with zero attached hydrogens (tertiary/aromatic N) is 3. The lowest BCUT2D eigenvalue weighted by molar-refractivity contribution is -0.0336. The van der Waals surface area contributed by atoms with Crippen molar-refractivity contribution in [1.82, 2.24) is 15.1 Å². The first kappa shape index (κ1) is 12.4. The van der Waals surface area contributed by atoms with Gasteiger partial charge in [0.25, 0.3) is 0 Å². The highest BCUT2D eigenvalue weighted by atomic mass is 15.3. The lowest BCUT2D eigenvalue weighted by Crippen LogP contribution is -2.46. The average Bonchev–Trinajstić information content (AvgIpc) is 2.88. The molecule has 4 fully saturated rings. The molecule has 1 N–H and O–H groups in total. The van der Waals surface area contributed by atoms with Gasteiger partial charge in [-0.2, -0.15) is 10.4 Å². The second-order valence-corrected chi connectivity index (χ2v) is 7.03. The van der Waals surface area contributed by atoms with Crippen LogP contribution in [-0.2, 0) is 0 Å². The summed E-state index contributed by atoms with van der Waals surface area (Å²) in [7, 11) is 1.83. The molecule has 0 aliphatic heterocycles. The Bertz CT molecular complexity index is 513. The van der Waals surface area contributed by atoms with Crippen molar-refractivity contribution in [1.29, 1.82) is 5.26 Å². The van der Waals surface area contributed by atoms with E-state index < -0.39 is 0 Å². The summed E-state index contributed by atoms with van der Waals surface area (Å²) in [6.45, 7) is 0. The standard InChI is InChI=1S/C16H22N4/c1-18-15(7-17)14-8-19-20(9-14)16-12-3-10-2-11(5-12)6-13(16)4-10/h8-13,15-16,18H,2-6H2,1H3. The Morgan fingerprint density at radius 1 is 1.25 bits per heavy atom. The number of nitriles is 1. The third kappa shape index (κ3) is 1.80. The molecule has 0 saturated heterocycles. The van der Waals surface area contributed by atoms with Gasteiger partial charge in [0.1, 0.15) is 6.04 Å². The number of hydrogen-bond acceptors (Lipinski definition) is 3. The molecule has 4 saturated carbocycles. The van der Waals surface area contributed by atoms with Crippen LogP contribution in [0.3, 0.4) is 0 Å². The molecule has 4 nitrogen and oxygen atoms in total. The first-order valence-corrected chi connectivity index (χ1v) is 7.89. The predicted octanol–water partition coefficient (Wildman–Crippen LogP) is 2.66. The maximum absolute atomic E-state index is 9.15. The van der Waals surface area contributed by atoms with Crippen molar-refractivity contribution in [3.63, 3.8) is 0 Å². The molecule has 1 atom stereocenters. The number of hydrogen-bond donors (Lipinski definition) is 1. The van der Waals surface area contributed by atoms with E-state index in [2.05, 4.69) is 27.4 Å². The molecule has 0 spiro atoms. The van der Waals surface area contributed by atoms with Crippen LogP contribution < -0.4 is 5.32 Å². The van der Waals surface area contributed by atoms with E-state index in [4.69, 9.17) is 5.26 Å². The molecule has 20 heavy (non-hydrogen) atoms. The molecule has 0 radical (unpaired) electrons. The van der Waals surface area contributed by atoms with Gasteiger partial charge in [-0.1, -0.05) is 0 Å². The van der Waals surface area contributed by atoms with Gasteiger partial charge in [-0.25, -0.2) is 0 Å². The summed E-state index contributed by atoms with van der Waals surface area (Å²) in [5.74, 6) is 3.64. The first-order chi connectivity index (χ1) is 9.78. The van der Waals surface area contributed by atoms with Crippen molar-refractivity contribution in [2.45, 2.75) is 44.2 Å². The second-order valence-electron chi connectivity index (χ2n) is 7.03. The van der Waals surface area contributed by atoms with E-state index >= 15 is 0 Å². The van der Waals surface area contributed by atoms with Crippen molar-refractivity contribution >= 4 is 0 Å². The maximum Gasteiger partial charge on any atom is 0.124 e. The smallest absolute Gasteiger partial charge is 0.124 e. The summed E-state index contributed by atoms with van der Waals surface area (Å²) in [6.07, 6.45) is 11.1. The zero-order chi connectivity index (χ0) is 13.7. The summed E-state index contributed by atoms with van der Waals surface area (Å²) in [4.78, 5) is 0. The quantitative estimate of drug-likeness (QED) is 0.918. The van der Waals surface area contributed by atoms with E-state index in [1.165, 1.54) is 32.1 Å². The van der Waals surface area contributed by atoms with Crippen molar-refractivity contribution in [2.24, 2.45) is 23.7 Å². The van der Waals surface area contributed by atoms with E-state index in [0.29, 0.717) is 6.04 Å². The van der Waals surface area contributed by atoms with Crippen molar-refractivity contribution < 1.29 is 0 Å². The van der Waals surface area contributed by atoms with Crippen LogP contribution in [0.2, 0.25) is 0 Å². The molecule has 4 heteroatoms. The summed E-state index contributed by atoms with van der Waals surface area (Å²) < 4.78 is 2.18. The zero-order valence-electron chi connectivity index (χ0n) is 12.0. The lowest BCUT2D eigenvalue weighted by Gasteiger charge is -2.54. The molecule has 4 aliphatic rings. The minimum Gasteiger partial charge on any atom is -0.301 e. The molecule has 1 aromatic rings. The van der Waals surface area contributed by atoms with Gasteiger partial charge in [0.05, 0.1) is 18.3 Å². The molecule has 4 aliphatic carbocycles. The van der Waals surface area contributed by atoms with Crippen LogP contribution in [0.5, 0.6) is 0 Å². The van der Waals surface area contributed by atoms with Crippen LogP contribution in [0.1, 0.15) is 49.8 Å².